The molecule has 0 radical (unpaired) electrons. The molecule has 1 aromatic carbocycles. The van der Waals surface area contributed by atoms with Crippen LogP contribution in [0.15, 0.2) is 23.1 Å². The Morgan fingerprint density at radius 1 is 1.24 bits per heavy atom. The Kier molecular flexibility index (Phi) is 3.68. The van der Waals surface area contributed by atoms with Crippen molar-refractivity contribution in [1.29, 1.82) is 0 Å². The summed E-state index contributed by atoms with van der Waals surface area (Å²) in [6.07, 6.45) is -4.63. The van der Waals surface area contributed by atoms with Crippen molar-refractivity contribution < 1.29 is 26.3 Å². The maximum absolute atomic E-state index is 12.5. The van der Waals surface area contributed by atoms with Crippen LogP contribution >= 0.6 is 0 Å². The van der Waals surface area contributed by atoms with Crippen LogP contribution in [0.1, 0.15) is 5.56 Å². The molecule has 0 saturated heterocycles. The Hall–Kier alpha value is -1.28. The molecule has 0 aliphatic carbocycles. The number of benzene rings is 1. The van der Waals surface area contributed by atoms with Gasteiger partial charge in [-0.25, -0.2) is 13.1 Å². The van der Waals surface area contributed by atoms with E-state index in [2.05, 4.69) is 4.74 Å². The van der Waals surface area contributed by atoms with Crippen LogP contribution in [-0.2, 0) is 16.2 Å². The maximum Gasteiger partial charge on any atom is 0.416 e. The molecule has 8 heteroatoms. The summed E-state index contributed by atoms with van der Waals surface area (Å²) < 4.78 is 66.9. The topological polar surface area (TPSA) is 55.4 Å². The van der Waals surface area contributed by atoms with Crippen molar-refractivity contribution >= 4 is 10.0 Å². The Morgan fingerprint density at radius 3 is 2.24 bits per heavy atom. The quantitative estimate of drug-likeness (QED) is 0.907. The zero-order valence-electron chi connectivity index (χ0n) is 9.00. The predicted molar refractivity (Wildman–Crippen MR) is 54.2 cm³/mol. The molecule has 0 unspecified atom stereocenters. The van der Waals surface area contributed by atoms with E-state index in [0.29, 0.717) is 6.07 Å². The zero-order chi connectivity index (χ0) is 13.3. The molecule has 0 saturated carbocycles. The third-order valence-corrected chi connectivity index (χ3v) is 3.42. The molecular formula is C9H10F3NO3S. The Bertz CT molecular complexity index is 511. The predicted octanol–water partition coefficient (Wildman–Crippen LogP) is 1.62. The molecule has 0 bridgehead atoms. The van der Waals surface area contributed by atoms with Crippen LogP contribution in [-0.4, -0.2) is 22.6 Å². The largest absolute Gasteiger partial charge is 0.497 e. The highest BCUT2D eigenvalue weighted by atomic mass is 32.2. The van der Waals surface area contributed by atoms with Crippen molar-refractivity contribution in [3.63, 3.8) is 0 Å². The summed E-state index contributed by atoms with van der Waals surface area (Å²) in [5.74, 6) is -0.173. The summed E-state index contributed by atoms with van der Waals surface area (Å²) in [6, 6.07) is 2.30. The monoisotopic (exact) mass is 269 g/mol. The first-order valence-electron chi connectivity index (χ1n) is 4.40. The average molecular weight is 269 g/mol. The fourth-order valence-corrected chi connectivity index (χ4v) is 1.92. The smallest absolute Gasteiger partial charge is 0.416 e. The molecule has 0 heterocycles. The molecule has 1 aromatic rings. The van der Waals surface area contributed by atoms with Gasteiger partial charge in [0.25, 0.3) is 0 Å². The second kappa shape index (κ2) is 4.53. The SMILES string of the molecule is CNS(=O)(=O)c1cc(OC)cc(C(F)(F)F)c1. The molecule has 4 nitrogen and oxygen atoms in total. The minimum absolute atomic E-state index is 0.173. The van der Waals surface area contributed by atoms with Gasteiger partial charge in [0, 0.05) is 6.07 Å². The second-order valence-electron chi connectivity index (χ2n) is 3.10. The van der Waals surface area contributed by atoms with Gasteiger partial charge in [0.15, 0.2) is 0 Å². The van der Waals surface area contributed by atoms with E-state index in [1.807, 2.05) is 4.72 Å². The van der Waals surface area contributed by atoms with E-state index in [9.17, 15) is 21.6 Å². The minimum atomic E-state index is -4.63. The molecule has 0 aliphatic rings. The standard InChI is InChI=1S/C9H10F3NO3S/c1-13-17(14,15)8-4-6(9(10,11)12)3-7(5-8)16-2/h3-5,13H,1-2H3. The van der Waals surface area contributed by atoms with Crippen molar-refractivity contribution in [1.82, 2.24) is 4.72 Å². The lowest BCUT2D eigenvalue weighted by Gasteiger charge is -2.11. The number of hydrogen-bond donors (Lipinski definition) is 1. The average Bonchev–Trinajstić information content (AvgIpc) is 2.27. The molecule has 17 heavy (non-hydrogen) atoms. The highest BCUT2D eigenvalue weighted by Gasteiger charge is 2.32. The number of hydrogen-bond acceptors (Lipinski definition) is 3. The summed E-state index contributed by atoms with van der Waals surface area (Å²) in [7, 11) is -1.67. The van der Waals surface area contributed by atoms with Crippen molar-refractivity contribution in [3.05, 3.63) is 23.8 Å². The Morgan fingerprint density at radius 2 is 1.82 bits per heavy atom. The van der Waals surface area contributed by atoms with Crippen LogP contribution < -0.4 is 9.46 Å². The van der Waals surface area contributed by atoms with Gasteiger partial charge in [0.2, 0.25) is 10.0 Å². The fraction of sp³-hybridized carbons (Fsp3) is 0.333. The molecule has 0 fully saturated rings. The molecule has 0 atom stereocenters. The molecule has 0 amide bonds. The highest BCUT2D eigenvalue weighted by molar-refractivity contribution is 7.89. The van der Waals surface area contributed by atoms with E-state index in [1.165, 1.54) is 0 Å². The summed E-state index contributed by atoms with van der Waals surface area (Å²) in [5, 5.41) is 0. The van der Waals surface area contributed by atoms with E-state index in [4.69, 9.17) is 0 Å². The van der Waals surface area contributed by atoms with E-state index in [1.54, 1.807) is 0 Å². The number of methoxy groups -OCH3 is 1. The van der Waals surface area contributed by atoms with Crippen LogP contribution in [0.25, 0.3) is 0 Å². The fourth-order valence-electron chi connectivity index (χ4n) is 1.13. The molecule has 0 aliphatic heterocycles. The van der Waals surface area contributed by atoms with Gasteiger partial charge in [-0.2, -0.15) is 13.2 Å². The number of halogens is 3. The summed E-state index contributed by atoms with van der Waals surface area (Å²) >= 11 is 0. The zero-order valence-corrected chi connectivity index (χ0v) is 9.82. The lowest BCUT2D eigenvalue weighted by molar-refractivity contribution is -0.137. The van der Waals surface area contributed by atoms with E-state index in [-0.39, 0.29) is 5.75 Å². The van der Waals surface area contributed by atoms with Crippen molar-refractivity contribution in [2.24, 2.45) is 0 Å². The van der Waals surface area contributed by atoms with E-state index in [0.717, 1.165) is 26.3 Å². The molecular weight excluding hydrogens is 259 g/mol. The highest BCUT2D eigenvalue weighted by Crippen LogP contribution is 2.33. The Balaban J connectivity index is 3.44. The van der Waals surface area contributed by atoms with Gasteiger partial charge in [0.1, 0.15) is 5.75 Å². The summed E-state index contributed by atoms with van der Waals surface area (Å²) in [6.45, 7) is 0. The maximum atomic E-state index is 12.5. The number of ether oxygens (including phenoxy) is 1. The van der Waals surface area contributed by atoms with Gasteiger partial charge >= 0.3 is 6.18 Å². The van der Waals surface area contributed by atoms with Gasteiger partial charge in [-0.3, -0.25) is 0 Å². The first-order chi connectivity index (χ1) is 7.70. The first-order valence-corrected chi connectivity index (χ1v) is 5.89. The van der Waals surface area contributed by atoms with Crippen molar-refractivity contribution in [2.75, 3.05) is 14.2 Å². The van der Waals surface area contributed by atoms with Gasteiger partial charge in [0.05, 0.1) is 17.6 Å². The number of nitrogens with one attached hydrogen (secondary N) is 1. The van der Waals surface area contributed by atoms with Gasteiger partial charge in [-0.05, 0) is 19.2 Å². The molecule has 1 rings (SSSR count). The van der Waals surface area contributed by atoms with Crippen molar-refractivity contribution in [2.45, 2.75) is 11.1 Å². The van der Waals surface area contributed by atoms with Crippen LogP contribution in [0.4, 0.5) is 13.2 Å². The van der Waals surface area contributed by atoms with E-state index < -0.39 is 26.7 Å². The third-order valence-electron chi connectivity index (χ3n) is 2.02. The molecule has 0 spiro atoms. The minimum Gasteiger partial charge on any atom is -0.497 e. The number of rotatable bonds is 3. The molecule has 1 N–H and O–H groups in total. The van der Waals surface area contributed by atoms with Crippen LogP contribution in [0.5, 0.6) is 5.75 Å². The first kappa shape index (κ1) is 13.8. The Labute approximate surface area is 96.4 Å². The normalized spacial score (nSPS) is 12.5. The van der Waals surface area contributed by atoms with Gasteiger partial charge < -0.3 is 4.74 Å². The third kappa shape index (κ3) is 3.10. The van der Waals surface area contributed by atoms with Crippen LogP contribution in [0.2, 0.25) is 0 Å². The van der Waals surface area contributed by atoms with Crippen LogP contribution in [0.3, 0.4) is 0 Å². The summed E-state index contributed by atoms with van der Waals surface area (Å²) in [5.41, 5.74) is -1.08. The molecule has 0 aromatic heterocycles. The lowest BCUT2D eigenvalue weighted by atomic mass is 10.2. The number of sulfonamides is 1. The second-order valence-corrected chi connectivity index (χ2v) is 4.99. The van der Waals surface area contributed by atoms with Crippen molar-refractivity contribution in [3.8, 4) is 5.75 Å². The van der Waals surface area contributed by atoms with Gasteiger partial charge in [-0.1, -0.05) is 0 Å². The lowest BCUT2D eigenvalue weighted by Crippen LogP contribution is -2.19. The number of alkyl halides is 3. The van der Waals surface area contributed by atoms with Gasteiger partial charge in [-0.15, -0.1) is 0 Å². The summed E-state index contributed by atoms with van der Waals surface area (Å²) in [4.78, 5) is -0.494. The van der Waals surface area contributed by atoms with E-state index >= 15 is 0 Å². The molecule has 96 valence electrons. The van der Waals surface area contributed by atoms with Crippen LogP contribution in [0, 0.1) is 0 Å².